The maximum atomic E-state index is 13.2. The first-order valence-corrected chi connectivity index (χ1v) is 14.1. The lowest BCUT2D eigenvalue weighted by atomic mass is 9.96. The molecule has 14 nitrogen and oxygen atoms in total. The van der Waals surface area contributed by atoms with Crippen molar-refractivity contribution in [2.75, 3.05) is 6.54 Å². The quantitative estimate of drug-likeness (QED) is 0.0685. The van der Waals surface area contributed by atoms with Crippen molar-refractivity contribution in [2.24, 2.45) is 16.6 Å². The molecule has 0 radical (unpaired) electrons. The number of aliphatic carboxylic acids is 1. The Kier molecular flexibility index (Phi) is 8.46. The predicted molar refractivity (Wildman–Crippen MR) is 154 cm³/mol. The SMILES string of the molecule is N=C(N)c1ccc2nc(-c3cc(C(=O)NCCCCC(N)C(=O)O)cc(-c4cc(S(N)(=O)=O)ccc4O)c3O)[nH]c2c1. The number of carboxylic acid groups (broad SMARTS) is 1. The summed E-state index contributed by atoms with van der Waals surface area (Å²) in [6, 6.07) is 9.76. The number of aromatic amines is 1. The van der Waals surface area contributed by atoms with Gasteiger partial charge < -0.3 is 37.1 Å². The fourth-order valence-corrected chi connectivity index (χ4v) is 4.82. The number of phenolic OH excluding ortho intramolecular Hbond substituents is 2. The van der Waals surface area contributed by atoms with E-state index in [0.29, 0.717) is 29.4 Å². The average Bonchev–Trinajstić information content (AvgIpc) is 3.35. The van der Waals surface area contributed by atoms with Crippen LogP contribution in [0.1, 0.15) is 35.2 Å². The number of amides is 1. The number of fused-ring (bicyclic) bond motifs is 1. The van der Waals surface area contributed by atoms with Crippen LogP contribution in [0.15, 0.2) is 53.4 Å². The van der Waals surface area contributed by atoms with Gasteiger partial charge in [0.05, 0.1) is 21.5 Å². The van der Waals surface area contributed by atoms with Crippen LogP contribution in [0, 0.1) is 5.41 Å². The largest absolute Gasteiger partial charge is 0.507 e. The third-order valence-corrected chi connectivity index (χ3v) is 7.46. The zero-order valence-electron chi connectivity index (χ0n) is 22.1. The minimum Gasteiger partial charge on any atom is -0.507 e. The van der Waals surface area contributed by atoms with Crippen LogP contribution in [0.3, 0.4) is 0 Å². The number of carbonyl (C=O) groups excluding carboxylic acids is 1. The summed E-state index contributed by atoms with van der Waals surface area (Å²) in [4.78, 5) is 31.2. The Bertz CT molecular complexity index is 1820. The summed E-state index contributed by atoms with van der Waals surface area (Å²) in [5, 5.41) is 46.5. The number of nitrogens with zero attached hydrogens (tertiary/aromatic N) is 1. The van der Waals surface area contributed by atoms with E-state index in [9.17, 15) is 28.2 Å². The van der Waals surface area contributed by atoms with E-state index in [2.05, 4.69) is 15.3 Å². The molecule has 0 spiro atoms. The van der Waals surface area contributed by atoms with E-state index in [4.69, 9.17) is 27.1 Å². The van der Waals surface area contributed by atoms with Crippen molar-refractivity contribution < 1.29 is 33.3 Å². The fourth-order valence-electron chi connectivity index (χ4n) is 4.28. The number of phenols is 2. The van der Waals surface area contributed by atoms with Crippen molar-refractivity contribution in [3.8, 4) is 34.0 Å². The van der Waals surface area contributed by atoms with Gasteiger partial charge in [0.2, 0.25) is 10.0 Å². The molecule has 12 N–H and O–H groups in total. The van der Waals surface area contributed by atoms with Crippen LogP contribution in [-0.2, 0) is 14.8 Å². The molecular weight excluding hydrogens is 566 g/mol. The number of amidine groups is 1. The molecule has 1 amide bonds. The summed E-state index contributed by atoms with van der Waals surface area (Å²) < 4.78 is 24.0. The van der Waals surface area contributed by atoms with E-state index < -0.39 is 33.7 Å². The van der Waals surface area contributed by atoms with Crippen molar-refractivity contribution in [3.63, 3.8) is 0 Å². The molecule has 0 aliphatic heterocycles. The molecule has 0 aliphatic carbocycles. The first-order chi connectivity index (χ1) is 19.8. The molecule has 0 bridgehead atoms. The molecule has 1 heterocycles. The van der Waals surface area contributed by atoms with Crippen LogP contribution < -0.4 is 21.9 Å². The molecule has 0 saturated carbocycles. The van der Waals surface area contributed by atoms with Gasteiger partial charge in [0.25, 0.3) is 5.91 Å². The highest BCUT2D eigenvalue weighted by atomic mass is 32.2. The molecule has 0 saturated heterocycles. The molecule has 220 valence electrons. The average molecular weight is 596 g/mol. The van der Waals surface area contributed by atoms with Crippen LogP contribution >= 0.6 is 0 Å². The molecule has 4 aromatic rings. The van der Waals surface area contributed by atoms with Crippen LogP contribution in [-0.4, -0.2) is 64.0 Å². The number of imidazole rings is 1. The van der Waals surface area contributed by atoms with Crippen LogP contribution in [0.4, 0.5) is 0 Å². The van der Waals surface area contributed by atoms with Gasteiger partial charge in [-0.25, -0.2) is 18.5 Å². The molecule has 3 aromatic carbocycles. The number of sulfonamides is 1. The second kappa shape index (κ2) is 11.9. The standard InChI is InChI=1S/C27H29N7O7S/c28-19(27(38)39)3-1-2-8-32-26(37)14-9-17(16-12-15(42(31,40)41)5-7-22(16)35)23(36)18(10-14)25-33-20-6-4-13(24(29)30)11-21(20)34-25/h4-7,9-12,19,35-36H,1-3,8,28H2,(H3,29,30)(H,32,37)(H,33,34)(H,38,39)(H2,31,40,41). The number of nitrogen functional groups attached to an aromatic ring is 1. The van der Waals surface area contributed by atoms with Gasteiger partial charge in [-0.15, -0.1) is 0 Å². The third-order valence-electron chi connectivity index (χ3n) is 6.55. The number of benzene rings is 3. The van der Waals surface area contributed by atoms with Gasteiger partial charge in [-0.05, 0) is 67.8 Å². The second-order valence-corrected chi connectivity index (χ2v) is 11.1. The lowest BCUT2D eigenvalue weighted by molar-refractivity contribution is -0.138. The van der Waals surface area contributed by atoms with Crippen molar-refractivity contribution in [1.82, 2.24) is 15.3 Å². The van der Waals surface area contributed by atoms with Crippen molar-refractivity contribution in [3.05, 3.63) is 59.7 Å². The molecule has 4 rings (SSSR count). The number of primary sulfonamides is 1. The number of carbonyl (C=O) groups is 2. The summed E-state index contributed by atoms with van der Waals surface area (Å²) in [7, 11) is -4.17. The highest BCUT2D eigenvalue weighted by Crippen LogP contribution is 2.42. The number of rotatable bonds is 11. The topological polar surface area (TPSA) is 272 Å². The molecular formula is C27H29N7O7S. The van der Waals surface area contributed by atoms with Gasteiger partial charge in [-0.2, -0.15) is 0 Å². The first kappa shape index (κ1) is 30.0. The monoisotopic (exact) mass is 595 g/mol. The van der Waals surface area contributed by atoms with Crippen LogP contribution in [0.25, 0.3) is 33.5 Å². The summed E-state index contributed by atoms with van der Waals surface area (Å²) in [5.74, 6) is -2.48. The Hall–Kier alpha value is -4.99. The summed E-state index contributed by atoms with van der Waals surface area (Å²) in [6.45, 7) is 0.196. The van der Waals surface area contributed by atoms with Crippen molar-refractivity contribution in [2.45, 2.75) is 30.2 Å². The number of carboxylic acids is 1. The minimum atomic E-state index is -4.17. The van der Waals surface area contributed by atoms with E-state index in [1.807, 2.05) is 0 Å². The van der Waals surface area contributed by atoms with E-state index in [1.54, 1.807) is 18.2 Å². The number of aromatic hydroxyl groups is 2. The smallest absolute Gasteiger partial charge is 0.320 e. The lowest BCUT2D eigenvalue weighted by Gasteiger charge is -2.14. The van der Waals surface area contributed by atoms with Gasteiger partial charge in [0.15, 0.2) is 0 Å². The van der Waals surface area contributed by atoms with Crippen LogP contribution in [0.5, 0.6) is 11.5 Å². The zero-order chi connectivity index (χ0) is 30.8. The van der Waals surface area contributed by atoms with Gasteiger partial charge in [-0.3, -0.25) is 15.0 Å². The van der Waals surface area contributed by atoms with Crippen molar-refractivity contribution in [1.29, 1.82) is 5.41 Å². The van der Waals surface area contributed by atoms with Crippen molar-refractivity contribution >= 4 is 38.8 Å². The van der Waals surface area contributed by atoms with Crippen LogP contribution in [0.2, 0.25) is 0 Å². The number of unbranched alkanes of at least 4 members (excludes halogenated alkanes) is 1. The second-order valence-electron chi connectivity index (χ2n) is 9.57. The molecule has 0 fully saturated rings. The molecule has 1 atom stereocenters. The van der Waals surface area contributed by atoms with Gasteiger partial charge in [0, 0.05) is 28.8 Å². The zero-order valence-corrected chi connectivity index (χ0v) is 22.9. The number of H-pyrrole nitrogens is 1. The Morgan fingerprint density at radius 2 is 1.71 bits per heavy atom. The number of hydrogen-bond donors (Lipinski definition) is 9. The van der Waals surface area contributed by atoms with E-state index >= 15 is 0 Å². The summed E-state index contributed by atoms with van der Waals surface area (Å²) >= 11 is 0. The highest BCUT2D eigenvalue weighted by Gasteiger charge is 2.22. The maximum Gasteiger partial charge on any atom is 0.320 e. The Morgan fingerprint density at radius 1 is 1.00 bits per heavy atom. The lowest BCUT2D eigenvalue weighted by Crippen LogP contribution is -2.30. The third kappa shape index (κ3) is 6.49. The van der Waals surface area contributed by atoms with E-state index in [-0.39, 0.29) is 57.5 Å². The number of aromatic nitrogens is 2. The Labute approximate surface area is 239 Å². The molecule has 42 heavy (non-hydrogen) atoms. The summed E-state index contributed by atoms with van der Waals surface area (Å²) in [6.07, 6.45) is 1.13. The maximum absolute atomic E-state index is 13.2. The number of nitrogens with two attached hydrogens (primary N) is 3. The number of hydrogen-bond acceptors (Lipinski definition) is 9. The molecule has 15 heteroatoms. The highest BCUT2D eigenvalue weighted by molar-refractivity contribution is 7.89. The molecule has 1 unspecified atom stereocenters. The van der Waals surface area contributed by atoms with E-state index in [0.717, 1.165) is 18.2 Å². The van der Waals surface area contributed by atoms with Gasteiger partial charge in [0.1, 0.15) is 29.2 Å². The summed E-state index contributed by atoms with van der Waals surface area (Å²) in [5.41, 5.74) is 12.4. The Morgan fingerprint density at radius 3 is 2.38 bits per heavy atom. The first-order valence-electron chi connectivity index (χ1n) is 12.6. The molecule has 0 aliphatic rings. The fraction of sp³-hybridized carbons (Fsp3) is 0.185. The minimum absolute atomic E-state index is 0.0466. The van der Waals surface area contributed by atoms with Gasteiger partial charge in [-0.1, -0.05) is 0 Å². The molecule has 1 aromatic heterocycles. The number of nitrogens with one attached hydrogen (secondary N) is 3. The Balaban J connectivity index is 1.77. The van der Waals surface area contributed by atoms with E-state index in [1.165, 1.54) is 12.1 Å². The van der Waals surface area contributed by atoms with Gasteiger partial charge >= 0.3 is 5.97 Å². The normalized spacial score (nSPS) is 12.2. The predicted octanol–water partition coefficient (Wildman–Crippen LogP) is 1.55.